The SMILES string of the molecule is COc1ccc(Br)cc1CC(O)C1C(C)OC(C)C1C. The van der Waals surface area contributed by atoms with Crippen LogP contribution in [-0.2, 0) is 11.2 Å². The van der Waals surface area contributed by atoms with Gasteiger partial charge in [-0.3, -0.25) is 0 Å². The van der Waals surface area contributed by atoms with Crippen LogP contribution in [0, 0.1) is 11.8 Å². The second-order valence-corrected chi connectivity index (χ2v) is 6.63. The predicted octanol–water partition coefficient (Wildman–Crippen LogP) is 3.42. The van der Waals surface area contributed by atoms with Crippen molar-refractivity contribution in [1.29, 1.82) is 0 Å². The van der Waals surface area contributed by atoms with Crippen molar-refractivity contribution in [3.05, 3.63) is 28.2 Å². The third-order valence-corrected chi connectivity index (χ3v) is 4.93. The molecular formula is C16H23BrO3. The van der Waals surface area contributed by atoms with E-state index in [1.165, 1.54) is 0 Å². The van der Waals surface area contributed by atoms with E-state index in [0.29, 0.717) is 12.3 Å². The largest absolute Gasteiger partial charge is 0.496 e. The van der Waals surface area contributed by atoms with E-state index in [2.05, 4.69) is 29.8 Å². The summed E-state index contributed by atoms with van der Waals surface area (Å²) in [6.45, 7) is 6.28. The fourth-order valence-corrected chi connectivity index (χ4v) is 3.63. The molecule has 1 aliphatic heterocycles. The van der Waals surface area contributed by atoms with E-state index in [1.54, 1.807) is 7.11 Å². The minimum Gasteiger partial charge on any atom is -0.496 e. The Morgan fingerprint density at radius 1 is 1.30 bits per heavy atom. The highest BCUT2D eigenvalue weighted by Gasteiger charge is 2.41. The number of methoxy groups -OCH3 is 1. The standard InChI is InChI=1S/C16H23BrO3/c1-9-10(2)20-11(3)16(9)14(18)8-12-7-13(17)5-6-15(12)19-4/h5-7,9-11,14,16,18H,8H2,1-4H3. The van der Waals surface area contributed by atoms with Gasteiger partial charge in [0.25, 0.3) is 0 Å². The number of rotatable bonds is 4. The number of benzene rings is 1. The summed E-state index contributed by atoms with van der Waals surface area (Å²) in [6, 6.07) is 5.88. The molecule has 0 saturated carbocycles. The first kappa shape index (κ1) is 15.8. The Bertz CT molecular complexity index is 463. The van der Waals surface area contributed by atoms with Crippen molar-refractivity contribution < 1.29 is 14.6 Å². The van der Waals surface area contributed by atoms with E-state index in [9.17, 15) is 5.11 Å². The Labute approximate surface area is 129 Å². The molecule has 1 aliphatic rings. The topological polar surface area (TPSA) is 38.7 Å². The third-order valence-electron chi connectivity index (χ3n) is 4.43. The monoisotopic (exact) mass is 342 g/mol. The first-order valence-electron chi connectivity index (χ1n) is 7.10. The summed E-state index contributed by atoms with van der Waals surface area (Å²) in [7, 11) is 1.66. The van der Waals surface area contributed by atoms with Gasteiger partial charge in [0.05, 0.1) is 25.4 Å². The van der Waals surface area contributed by atoms with Crippen molar-refractivity contribution >= 4 is 15.9 Å². The van der Waals surface area contributed by atoms with E-state index in [-0.39, 0.29) is 18.1 Å². The molecule has 0 radical (unpaired) electrons. The molecule has 1 heterocycles. The Morgan fingerprint density at radius 2 is 2.00 bits per heavy atom. The van der Waals surface area contributed by atoms with Crippen molar-refractivity contribution in [2.24, 2.45) is 11.8 Å². The number of hydrogen-bond acceptors (Lipinski definition) is 3. The van der Waals surface area contributed by atoms with Crippen LogP contribution in [0.2, 0.25) is 0 Å². The third kappa shape index (κ3) is 3.18. The lowest BCUT2D eigenvalue weighted by Gasteiger charge is -2.25. The van der Waals surface area contributed by atoms with Crippen LogP contribution in [0.4, 0.5) is 0 Å². The van der Waals surface area contributed by atoms with Crippen LogP contribution in [0.5, 0.6) is 5.75 Å². The predicted molar refractivity (Wildman–Crippen MR) is 83.1 cm³/mol. The Kier molecular flexibility index (Phi) is 5.10. The van der Waals surface area contributed by atoms with E-state index < -0.39 is 6.10 Å². The van der Waals surface area contributed by atoms with E-state index in [1.807, 2.05) is 25.1 Å². The lowest BCUT2D eigenvalue weighted by Crippen LogP contribution is -2.32. The number of halogens is 1. The quantitative estimate of drug-likeness (QED) is 0.910. The van der Waals surface area contributed by atoms with Crippen molar-refractivity contribution in [1.82, 2.24) is 0 Å². The summed E-state index contributed by atoms with van der Waals surface area (Å²) in [5.74, 6) is 1.34. The first-order valence-corrected chi connectivity index (χ1v) is 7.89. The van der Waals surface area contributed by atoms with Gasteiger partial charge in [0.1, 0.15) is 5.75 Å². The zero-order valence-corrected chi connectivity index (χ0v) is 14.1. The highest BCUT2D eigenvalue weighted by Crippen LogP contribution is 2.36. The highest BCUT2D eigenvalue weighted by molar-refractivity contribution is 9.10. The van der Waals surface area contributed by atoms with Crippen molar-refractivity contribution in [2.45, 2.75) is 45.5 Å². The molecule has 2 rings (SSSR count). The summed E-state index contributed by atoms with van der Waals surface area (Å²) in [6.07, 6.45) is 0.452. The Morgan fingerprint density at radius 3 is 2.55 bits per heavy atom. The molecule has 3 nitrogen and oxygen atoms in total. The minimum absolute atomic E-state index is 0.0909. The van der Waals surface area contributed by atoms with Crippen LogP contribution in [0.25, 0.3) is 0 Å². The van der Waals surface area contributed by atoms with Crippen molar-refractivity contribution in [3.63, 3.8) is 0 Å². The molecule has 112 valence electrons. The average Bonchev–Trinajstić information content (AvgIpc) is 2.63. The zero-order chi connectivity index (χ0) is 14.9. The molecule has 1 N–H and O–H groups in total. The second kappa shape index (κ2) is 6.46. The number of hydrogen-bond donors (Lipinski definition) is 1. The molecule has 1 saturated heterocycles. The van der Waals surface area contributed by atoms with Crippen molar-refractivity contribution in [3.8, 4) is 5.75 Å². The maximum absolute atomic E-state index is 10.6. The molecule has 0 amide bonds. The fourth-order valence-electron chi connectivity index (χ4n) is 3.22. The number of aliphatic hydroxyl groups is 1. The van der Waals surface area contributed by atoms with Gasteiger partial charge in [-0.2, -0.15) is 0 Å². The molecule has 4 heteroatoms. The van der Waals surface area contributed by atoms with E-state index in [0.717, 1.165) is 15.8 Å². The Balaban J connectivity index is 2.15. The molecule has 1 aromatic rings. The molecule has 1 fully saturated rings. The molecule has 0 spiro atoms. The summed E-state index contributed by atoms with van der Waals surface area (Å²) in [5.41, 5.74) is 1.02. The van der Waals surface area contributed by atoms with Crippen LogP contribution in [-0.4, -0.2) is 30.5 Å². The summed E-state index contributed by atoms with van der Waals surface area (Å²) < 4.78 is 12.2. The van der Waals surface area contributed by atoms with Crippen molar-refractivity contribution in [2.75, 3.05) is 7.11 Å². The summed E-state index contributed by atoms with van der Waals surface area (Å²) in [4.78, 5) is 0. The van der Waals surface area contributed by atoms with Crippen LogP contribution in [0.1, 0.15) is 26.3 Å². The normalized spacial score (nSPS) is 31.3. The van der Waals surface area contributed by atoms with Gasteiger partial charge >= 0.3 is 0 Å². The Hall–Kier alpha value is -0.580. The maximum Gasteiger partial charge on any atom is 0.122 e. The summed E-state index contributed by atoms with van der Waals surface area (Å²) in [5, 5.41) is 10.6. The van der Waals surface area contributed by atoms with Gasteiger partial charge in [0.15, 0.2) is 0 Å². The highest BCUT2D eigenvalue weighted by atomic mass is 79.9. The smallest absolute Gasteiger partial charge is 0.122 e. The summed E-state index contributed by atoms with van der Waals surface area (Å²) >= 11 is 3.47. The van der Waals surface area contributed by atoms with E-state index in [4.69, 9.17) is 9.47 Å². The molecule has 5 atom stereocenters. The lowest BCUT2D eigenvalue weighted by molar-refractivity contribution is 0.0238. The molecule has 0 aliphatic carbocycles. The molecule has 0 bridgehead atoms. The van der Waals surface area contributed by atoms with Gasteiger partial charge in [0.2, 0.25) is 0 Å². The van der Waals surface area contributed by atoms with Gasteiger partial charge in [-0.1, -0.05) is 22.9 Å². The molecule has 20 heavy (non-hydrogen) atoms. The number of aliphatic hydroxyl groups excluding tert-OH is 1. The second-order valence-electron chi connectivity index (χ2n) is 5.71. The number of ether oxygens (including phenoxy) is 2. The van der Waals surface area contributed by atoms with Crippen LogP contribution in [0.15, 0.2) is 22.7 Å². The van der Waals surface area contributed by atoms with Gasteiger partial charge in [0, 0.05) is 16.8 Å². The van der Waals surface area contributed by atoms with Gasteiger partial charge in [-0.25, -0.2) is 0 Å². The van der Waals surface area contributed by atoms with E-state index >= 15 is 0 Å². The minimum atomic E-state index is -0.423. The zero-order valence-electron chi connectivity index (χ0n) is 12.5. The maximum atomic E-state index is 10.6. The molecule has 0 aromatic heterocycles. The van der Waals surface area contributed by atoms with Crippen LogP contribution < -0.4 is 4.74 Å². The average molecular weight is 343 g/mol. The lowest BCUT2D eigenvalue weighted by atomic mass is 9.82. The fraction of sp³-hybridized carbons (Fsp3) is 0.625. The van der Waals surface area contributed by atoms with Gasteiger partial charge in [-0.15, -0.1) is 0 Å². The first-order chi connectivity index (χ1) is 9.43. The van der Waals surface area contributed by atoms with Gasteiger partial charge < -0.3 is 14.6 Å². The molecule has 5 unspecified atom stereocenters. The van der Waals surface area contributed by atoms with Crippen LogP contribution >= 0.6 is 15.9 Å². The molecule has 1 aromatic carbocycles. The van der Waals surface area contributed by atoms with Gasteiger partial charge in [-0.05, 0) is 43.5 Å². The molecular weight excluding hydrogens is 320 g/mol. The van der Waals surface area contributed by atoms with Crippen LogP contribution in [0.3, 0.4) is 0 Å².